The third kappa shape index (κ3) is 4.54. The highest BCUT2D eigenvalue weighted by atomic mass is 19.1. The molecule has 1 amide bonds. The number of halogens is 1. The van der Waals surface area contributed by atoms with Gasteiger partial charge in [-0.25, -0.2) is 4.39 Å². The Morgan fingerprint density at radius 2 is 1.91 bits per heavy atom. The van der Waals surface area contributed by atoms with Gasteiger partial charge in [0.2, 0.25) is 5.91 Å². The molecule has 3 aliphatic heterocycles. The van der Waals surface area contributed by atoms with Crippen LogP contribution < -0.4 is 4.74 Å². The second-order valence-electron chi connectivity index (χ2n) is 11.2. The Morgan fingerprint density at radius 1 is 1.19 bits per heavy atom. The number of carbonyl (C=O) groups is 1. The standard InChI is InChI=1S/C26H37FN2O3/c1-25(2,27)18-32-23-6-4-3-5-22(23)19-8-11-28(12-9-19)21-7-10-26(13-21)16-29(17-26)24(30)20-14-31-15-20/h3-6,19-21H,7-18H2,1-2H3/t21-/m1/s1. The first-order valence-corrected chi connectivity index (χ1v) is 12.3. The van der Waals surface area contributed by atoms with E-state index in [9.17, 15) is 9.18 Å². The molecule has 1 aliphatic carbocycles. The lowest BCUT2D eigenvalue weighted by molar-refractivity contribution is -0.161. The van der Waals surface area contributed by atoms with Gasteiger partial charge in [0.1, 0.15) is 18.0 Å². The normalized spacial score (nSPS) is 26.7. The molecular formula is C26H37FN2O3. The van der Waals surface area contributed by atoms with Gasteiger partial charge in [-0.2, -0.15) is 0 Å². The van der Waals surface area contributed by atoms with E-state index in [-0.39, 0.29) is 12.5 Å². The van der Waals surface area contributed by atoms with Crippen molar-refractivity contribution in [2.75, 3.05) is 46.0 Å². The summed E-state index contributed by atoms with van der Waals surface area (Å²) in [6.45, 7) is 8.53. The SMILES string of the molecule is CC(C)(F)COc1ccccc1C1CCN([C@@H]2CCC3(C2)CN(C(=O)C2COC2)C3)CC1. The number of benzene rings is 1. The molecule has 0 bridgehead atoms. The molecule has 1 atom stereocenters. The first-order chi connectivity index (χ1) is 15.3. The average molecular weight is 445 g/mol. The van der Waals surface area contributed by atoms with Crippen LogP contribution in [0.1, 0.15) is 57.4 Å². The molecule has 3 heterocycles. The van der Waals surface area contributed by atoms with E-state index in [1.54, 1.807) is 13.8 Å². The van der Waals surface area contributed by atoms with Gasteiger partial charge in [-0.3, -0.25) is 4.79 Å². The molecule has 1 aromatic rings. The predicted molar refractivity (Wildman–Crippen MR) is 122 cm³/mol. The smallest absolute Gasteiger partial charge is 0.230 e. The summed E-state index contributed by atoms with van der Waals surface area (Å²) in [6, 6.07) is 8.82. The molecule has 1 saturated carbocycles. The molecule has 1 aromatic carbocycles. The van der Waals surface area contributed by atoms with E-state index in [1.807, 2.05) is 12.1 Å². The Labute approximate surface area is 191 Å². The number of piperidine rings is 1. The van der Waals surface area contributed by atoms with Crippen LogP contribution in [0.2, 0.25) is 0 Å². The molecule has 0 radical (unpaired) electrons. The van der Waals surface area contributed by atoms with Crippen molar-refractivity contribution in [3.63, 3.8) is 0 Å². The number of hydrogen-bond acceptors (Lipinski definition) is 4. The summed E-state index contributed by atoms with van der Waals surface area (Å²) >= 11 is 0. The number of nitrogens with zero attached hydrogens (tertiary/aromatic N) is 2. The van der Waals surface area contributed by atoms with E-state index >= 15 is 0 Å². The topological polar surface area (TPSA) is 42.0 Å². The van der Waals surface area contributed by atoms with E-state index < -0.39 is 5.67 Å². The van der Waals surface area contributed by atoms with Gasteiger partial charge >= 0.3 is 0 Å². The number of hydrogen-bond donors (Lipinski definition) is 0. The fourth-order valence-electron chi connectivity index (χ4n) is 6.11. The van der Waals surface area contributed by atoms with Crippen LogP contribution in [0.25, 0.3) is 0 Å². The first-order valence-electron chi connectivity index (χ1n) is 12.3. The number of alkyl halides is 1. The Morgan fingerprint density at radius 3 is 2.56 bits per heavy atom. The van der Waals surface area contributed by atoms with Crippen LogP contribution in [-0.4, -0.2) is 73.4 Å². The number of carbonyl (C=O) groups excluding carboxylic acids is 1. The van der Waals surface area contributed by atoms with Gasteiger partial charge in [-0.15, -0.1) is 0 Å². The summed E-state index contributed by atoms with van der Waals surface area (Å²) in [5.74, 6) is 1.74. The minimum Gasteiger partial charge on any atom is -0.490 e. The van der Waals surface area contributed by atoms with Gasteiger partial charge in [0, 0.05) is 24.5 Å². The summed E-state index contributed by atoms with van der Waals surface area (Å²) in [6.07, 6.45) is 5.97. The maximum atomic E-state index is 13.9. The second kappa shape index (κ2) is 8.60. The van der Waals surface area contributed by atoms with Crippen LogP contribution in [0.5, 0.6) is 5.75 Å². The van der Waals surface area contributed by atoms with Crippen LogP contribution in [0.4, 0.5) is 4.39 Å². The number of rotatable bonds is 6. The fraction of sp³-hybridized carbons (Fsp3) is 0.731. The third-order valence-electron chi connectivity index (χ3n) is 8.00. The van der Waals surface area contributed by atoms with Crippen molar-refractivity contribution >= 4 is 5.91 Å². The zero-order valence-corrected chi connectivity index (χ0v) is 19.5. The molecule has 0 aromatic heterocycles. The van der Waals surface area contributed by atoms with E-state index in [0.29, 0.717) is 36.5 Å². The minimum absolute atomic E-state index is 0.0836. The Hall–Kier alpha value is -1.66. The lowest BCUT2D eigenvalue weighted by Crippen LogP contribution is -2.61. The predicted octanol–water partition coefficient (Wildman–Crippen LogP) is 4.02. The molecule has 32 heavy (non-hydrogen) atoms. The second-order valence-corrected chi connectivity index (χ2v) is 11.2. The van der Waals surface area contributed by atoms with Crippen molar-refractivity contribution in [1.29, 1.82) is 0 Å². The van der Waals surface area contributed by atoms with Crippen LogP contribution in [0.15, 0.2) is 24.3 Å². The molecule has 4 fully saturated rings. The fourth-order valence-corrected chi connectivity index (χ4v) is 6.11. The van der Waals surface area contributed by atoms with Crippen molar-refractivity contribution in [2.45, 2.75) is 63.6 Å². The zero-order valence-electron chi connectivity index (χ0n) is 19.5. The van der Waals surface area contributed by atoms with Crippen molar-refractivity contribution < 1.29 is 18.7 Å². The molecule has 4 aliphatic rings. The molecule has 176 valence electrons. The van der Waals surface area contributed by atoms with Crippen molar-refractivity contribution in [2.24, 2.45) is 11.3 Å². The number of para-hydroxylation sites is 1. The Bertz CT molecular complexity index is 821. The number of amides is 1. The van der Waals surface area contributed by atoms with E-state index in [2.05, 4.69) is 21.9 Å². The summed E-state index contributed by atoms with van der Waals surface area (Å²) in [5, 5.41) is 0. The molecule has 0 N–H and O–H groups in total. The highest BCUT2D eigenvalue weighted by Gasteiger charge is 2.52. The number of likely N-dealkylation sites (tertiary alicyclic amines) is 2. The van der Waals surface area contributed by atoms with E-state index in [0.717, 1.165) is 44.8 Å². The maximum Gasteiger partial charge on any atom is 0.230 e. The monoisotopic (exact) mass is 444 g/mol. The van der Waals surface area contributed by atoms with E-state index in [4.69, 9.17) is 9.47 Å². The molecule has 5 rings (SSSR count). The maximum absolute atomic E-state index is 13.9. The quantitative estimate of drug-likeness (QED) is 0.665. The average Bonchev–Trinajstić information content (AvgIpc) is 3.16. The van der Waals surface area contributed by atoms with Crippen molar-refractivity contribution in [3.05, 3.63) is 29.8 Å². The van der Waals surface area contributed by atoms with Gasteiger partial charge in [0.05, 0.1) is 19.1 Å². The van der Waals surface area contributed by atoms with E-state index in [1.165, 1.54) is 24.8 Å². The van der Waals surface area contributed by atoms with Crippen LogP contribution in [-0.2, 0) is 9.53 Å². The summed E-state index contributed by atoms with van der Waals surface area (Å²) in [7, 11) is 0. The van der Waals surface area contributed by atoms with Crippen LogP contribution in [0, 0.1) is 11.3 Å². The minimum atomic E-state index is -1.33. The number of ether oxygens (including phenoxy) is 2. The van der Waals surface area contributed by atoms with Crippen molar-refractivity contribution in [1.82, 2.24) is 9.80 Å². The summed E-state index contributed by atoms with van der Waals surface area (Å²) < 4.78 is 25.0. The van der Waals surface area contributed by atoms with Gasteiger partial charge in [0.25, 0.3) is 0 Å². The Balaban J connectivity index is 1.12. The van der Waals surface area contributed by atoms with Gasteiger partial charge in [-0.1, -0.05) is 18.2 Å². The van der Waals surface area contributed by atoms with Crippen LogP contribution >= 0.6 is 0 Å². The summed E-state index contributed by atoms with van der Waals surface area (Å²) in [4.78, 5) is 17.2. The highest BCUT2D eigenvalue weighted by Crippen LogP contribution is 2.48. The van der Waals surface area contributed by atoms with Gasteiger partial charge in [0.15, 0.2) is 0 Å². The zero-order chi connectivity index (χ0) is 22.3. The van der Waals surface area contributed by atoms with Gasteiger partial charge < -0.3 is 19.3 Å². The third-order valence-corrected chi connectivity index (χ3v) is 8.00. The van der Waals surface area contributed by atoms with Crippen LogP contribution in [0.3, 0.4) is 0 Å². The molecule has 5 nitrogen and oxygen atoms in total. The van der Waals surface area contributed by atoms with Gasteiger partial charge in [-0.05, 0) is 76.6 Å². The molecule has 6 heteroatoms. The molecular weight excluding hydrogens is 407 g/mol. The molecule has 0 unspecified atom stereocenters. The lowest BCUT2D eigenvalue weighted by atomic mass is 9.77. The first kappa shape index (κ1) is 22.1. The largest absolute Gasteiger partial charge is 0.490 e. The highest BCUT2D eigenvalue weighted by molar-refractivity contribution is 5.80. The van der Waals surface area contributed by atoms with Crippen molar-refractivity contribution in [3.8, 4) is 5.75 Å². The summed E-state index contributed by atoms with van der Waals surface area (Å²) in [5.41, 5.74) is 0.261. The lowest BCUT2D eigenvalue weighted by Gasteiger charge is -2.50. The Kier molecular flexibility index (Phi) is 5.95. The molecule has 3 saturated heterocycles. The molecule has 1 spiro atoms.